The minimum atomic E-state index is -0.722. The largest absolute Gasteiger partial charge is 0.484 e. The van der Waals surface area contributed by atoms with E-state index >= 15 is 0 Å². The lowest BCUT2D eigenvalue weighted by atomic mass is 9.89. The highest BCUT2D eigenvalue weighted by atomic mass is 35.5. The van der Waals surface area contributed by atoms with Crippen molar-refractivity contribution in [3.8, 4) is 11.5 Å². The smallest absolute Gasteiger partial charge is 0.263 e. The van der Waals surface area contributed by atoms with Crippen LogP contribution in [0.15, 0.2) is 42.5 Å². The number of ether oxygens (including phenoxy) is 2. The van der Waals surface area contributed by atoms with Crippen LogP contribution in [0.4, 0.5) is 0 Å². The number of likely N-dealkylation sites (tertiary alicyclic amines) is 1. The second-order valence-electron chi connectivity index (χ2n) is 7.23. The fraction of sp³-hybridized carbons (Fsp3) is 0.333. The SMILES string of the molecule is CC(Oc1ccc(Cl)cc1Cl)C(=O)N1CCC2(CC(=O)c3ccccc3O2)C1. The van der Waals surface area contributed by atoms with Crippen molar-refractivity contribution < 1.29 is 19.1 Å². The van der Waals surface area contributed by atoms with Crippen LogP contribution >= 0.6 is 23.2 Å². The molecule has 2 aliphatic rings. The number of rotatable bonds is 3. The van der Waals surface area contributed by atoms with Gasteiger partial charge in [-0.25, -0.2) is 0 Å². The molecule has 28 heavy (non-hydrogen) atoms. The van der Waals surface area contributed by atoms with Gasteiger partial charge in [0.05, 0.1) is 23.6 Å². The van der Waals surface area contributed by atoms with Gasteiger partial charge in [-0.05, 0) is 37.3 Å². The summed E-state index contributed by atoms with van der Waals surface area (Å²) in [6.07, 6.45) is 0.152. The molecule has 1 spiro atoms. The molecule has 7 heteroatoms. The first-order chi connectivity index (χ1) is 13.4. The van der Waals surface area contributed by atoms with Crippen molar-refractivity contribution in [2.24, 2.45) is 0 Å². The van der Waals surface area contributed by atoms with Gasteiger partial charge in [0.2, 0.25) is 0 Å². The maximum absolute atomic E-state index is 12.9. The Bertz CT molecular complexity index is 948. The summed E-state index contributed by atoms with van der Waals surface area (Å²) in [7, 11) is 0. The molecule has 0 aliphatic carbocycles. The van der Waals surface area contributed by atoms with E-state index in [2.05, 4.69) is 0 Å². The number of fused-ring (bicyclic) bond motifs is 1. The Kier molecular flexibility index (Phi) is 4.98. The van der Waals surface area contributed by atoms with Crippen molar-refractivity contribution in [2.45, 2.75) is 31.5 Å². The van der Waals surface area contributed by atoms with Gasteiger partial charge in [0.25, 0.3) is 5.91 Å². The molecule has 1 amide bonds. The van der Waals surface area contributed by atoms with Gasteiger partial charge in [0.15, 0.2) is 11.9 Å². The zero-order valence-electron chi connectivity index (χ0n) is 15.3. The lowest BCUT2D eigenvalue weighted by Crippen LogP contribution is -2.47. The number of nitrogens with zero attached hydrogens (tertiary/aromatic N) is 1. The Morgan fingerprint density at radius 1 is 1.25 bits per heavy atom. The number of halogens is 2. The summed E-state index contributed by atoms with van der Waals surface area (Å²) in [4.78, 5) is 27.1. The van der Waals surface area contributed by atoms with Crippen LogP contribution in [0.3, 0.4) is 0 Å². The first-order valence-corrected chi connectivity index (χ1v) is 9.84. The number of hydrogen-bond acceptors (Lipinski definition) is 4. The van der Waals surface area contributed by atoms with E-state index in [1.54, 1.807) is 42.2 Å². The Labute approximate surface area is 173 Å². The van der Waals surface area contributed by atoms with Gasteiger partial charge in [-0.15, -0.1) is 0 Å². The fourth-order valence-electron chi connectivity index (χ4n) is 3.77. The van der Waals surface area contributed by atoms with Gasteiger partial charge in [0.1, 0.15) is 17.1 Å². The van der Waals surface area contributed by atoms with Crippen molar-refractivity contribution >= 4 is 34.9 Å². The molecule has 2 unspecified atom stereocenters. The second-order valence-corrected chi connectivity index (χ2v) is 8.07. The van der Waals surface area contributed by atoms with Gasteiger partial charge < -0.3 is 14.4 Å². The van der Waals surface area contributed by atoms with E-state index in [4.69, 9.17) is 32.7 Å². The van der Waals surface area contributed by atoms with Gasteiger partial charge in [-0.2, -0.15) is 0 Å². The molecule has 0 saturated carbocycles. The molecule has 1 saturated heterocycles. The summed E-state index contributed by atoms with van der Waals surface area (Å²) in [5.41, 5.74) is -0.0642. The molecule has 2 heterocycles. The molecule has 146 valence electrons. The Hall–Kier alpha value is -2.24. The van der Waals surface area contributed by atoms with Crippen molar-refractivity contribution in [3.05, 3.63) is 58.1 Å². The number of ketones is 1. The van der Waals surface area contributed by atoms with Crippen molar-refractivity contribution in [3.63, 3.8) is 0 Å². The third-order valence-corrected chi connectivity index (χ3v) is 5.70. The minimum absolute atomic E-state index is 0.0494. The molecule has 2 aliphatic heterocycles. The molecule has 1 fully saturated rings. The summed E-state index contributed by atoms with van der Waals surface area (Å²) in [5.74, 6) is 0.871. The third kappa shape index (κ3) is 3.56. The van der Waals surface area contributed by atoms with Crippen molar-refractivity contribution in [1.29, 1.82) is 0 Å². The van der Waals surface area contributed by atoms with Crippen LogP contribution in [0.2, 0.25) is 10.0 Å². The zero-order chi connectivity index (χ0) is 19.9. The van der Waals surface area contributed by atoms with Gasteiger partial charge in [-0.1, -0.05) is 35.3 Å². The van der Waals surface area contributed by atoms with E-state index in [1.807, 2.05) is 12.1 Å². The molecule has 5 nitrogen and oxygen atoms in total. The van der Waals surface area contributed by atoms with E-state index < -0.39 is 11.7 Å². The average Bonchev–Trinajstić information content (AvgIpc) is 3.06. The first kappa shape index (κ1) is 19.1. The summed E-state index contributed by atoms with van der Waals surface area (Å²) in [6, 6.07) is 12.1. The summed E-state index contributed by atoms with van der Waals surface area (Å²) >= 11 is 12.0. The molecular formula is C21H19Cl2NO4. The molecule has 0 N–H and O–H groups in total. The summed E-state index contributed by atoms with van der Waals surface area (Å²) in [6.45, 7) is 2.55. The number of amides is 1. The Morgan fingerprint density at radius 3 is 2.82 bits per heavy atom. The number of para-hydroxylation sites is 1. The maximum Gasteiger partial charge on any atom is 0.263 e. The number of benzene rings is 2. The highest BCUT2D eigenvalue weighted by molar-refractivity contribution is 6.35. The normalized spacial score (nSPS) is 22.0. The van der Waals surface area contributed by atoms with E-state index in [0.29, 0.717) is 46.6 Å². The number of carbonyl (C=O) groups excluding carboxylic acids is 2. The molecule has 0 radical (unpaired) electrons. The van der Waals surface area contributed by atoms with Crippen LogP contribution in [0, 0.1) is 0 Å². The van der Waals surface area contributed by atoms with Crippen LogP contribution in [0.25, 0.3) is 0 Å². The summed E-state index contributed by atoms with van der Waals surface area (Å²) < 4.78 is 11.9. The van der Waals surface area contributed by atoms with E-state index in [1.165, 1.54) is 0 Å². The fourth-order valence-corrected chi connectivity index (χ4v) is 4.23. The molecule has 0 aromatic heterocycles. The molecule has 0 bridgehead atoms. The lowest BCUT2D eigenvalue weighted by Gasteiger charge is -2.34. The lowest BCUT2D eigenvalue weighted by molar-refractivity contribution is -0.137. The minimum Gasteiger partial charge on any atom is -0.484 e. The predicted molar refractivity (Wildman–Crippen MR) is 106 cm³/mol. The molecule has 2 aromatic rings. The predicted octanol–water partition coefficient (Wildman–Crippen LogP) is 4.40. The van der Waals surface area contributed by atoms with Crippen LogP contribution in [0.5, 0.6) is 11.5 Å². The standard InChI is InChI=1S/C21H19Cl2NO4/c1-13(27-19-7-6-14(22)10-16(19)23)20(26)24-9-8-21(12-24)11-17(25)15-4-2-3-5-18(15)28-21/h2-7,10,13H,8-9,11-12H2,1H3. The van der Waals surface area contributed by atoms with Gasteiger partial charge in [-0.3, -0.25) is 9.59 Å². The quantitative estimate of drug-likeness (QED) is 0.739. The average molecular weight is 420 g/mol. The number of Topliss-reactive ketones (excluding diaryl/α,β-unsaturated/α-hetero) is 1. The maximum atomic E-state index is 12.9. The number of carbonyl (C=O) groups is 2. The van der Waals surface area contributed by atoms with E-state index in [0.717, 1.165) is 0 Å². The first-order valence-electron chi connectivity index (χ1n) is 9.09. The monoisotopic (exact) mass is 419 g/mol. The van der Waals surface area contributed by atoms with Crippen molar-refractivity contribution in [2.75, 3.05) is 13.1 Å². The highest BCUT2D eigenvalue weighted by Crippen LogP contribution is 2.39. The van der Waals surface area contributed by atoms with Crippen molar-refractivity contribution in [1.82, 2.24) is 4.90 Å². The van der Waals surface area contributed by atoms with E-state index in [9.17, 15) is 9.59 Å². The van der Waals surface area contributed by atoms with E-state index in [-0.39, 0.29) is 18.1 Å². The Balaban J connectivity index is 1.45. The molecule has 2 aromatic carbocycles. The zero-order valence-corrected chi connectivity index (χ0v) is 16.8. The second kappa shape index (κ2) is 7.30. The van der Waals surface area contributed by atoms with Crippen LogP contribution < -0.4 is 9.47 Å². The van der Waals surface area contributed by atoms with Gasteiger partial charge in [0, 0.05) is 18.0 Å². The Morgan fingerprint density at radius 2 is 2.04 bits per heavy atom. The molecule has 2 atom stereocenters. The van der Waals surface area contributed by atoms with Crippen LogP contribution in [-0.2, 0) is 4.79 Å². The molecule has 4 rings (SSSR count). The molecular weight excluding hydrogens is 401 g/mol. The summed E-state index contributed by atoms with van der Waals surface area (Å²) in [5, 5.41) is 0.847. The highest BCUT2D eigenvalue weighted by Gasteiger charge is 2.47. The van der Waals surface area contributed by atoms with Crippen LogP contribution in [-0.4, -0.2) is 41.4 Å². The van der Waals surface area contributed by atoms with Gasteiger partial charge >= 0.3 is 0 Å². The number of hydrogen-bond donors (Lipinski definition) is 0. The van der Waals surface area contributed by atoms with Crippen LogP contribution in [0.1, 0.15) is 30.1 Å². The topological polar surface area (TPSA) is 55.8 Å². The third-order valence-electron chi connectivity index (χ3n) is 5.17.